The zero-order chi connectivity index (χ0) is 41.5. The summed E-state index contributed by atoms with van der Waals surface area (Å²) >= 11 is 5.00. The van der Waals surface area contributed by atoms with Crippen molar-refractivity contribution < 1.29 is 45.5 Å². The predicted molar refractivity (Wildman–Crippen MR) is 208 cm³/mol. The average Bonchev–Trinajstić information content (AvgIpc) is 3.11. The normalized spacial score (nSPS) is 24.9. The monoisotopic (exact) mass is 848 g/mol. The molecular formula is C42H40Cl2F6N4O4. The molecule has 6 fully saturated rings. The first kappa shape index (κ1) is 44.2. The minimum atomic E-state index is -1.07. The highest BCUT2D eigenvalue weighted by Crippen LogP contribution is 2.71. The van der Waals surface area contributed by atoms with Crippen LogP contribution in [-0.2, 0) is 9.59 Å². The molecule has 6 saturated carbocycles. The van der Waals surface area contributed by atoms with Crippen molar-refractivity contribution in [1.29, 1.82) is 0 Å². The van der Waals surface area contributed by atoms with Crippen molar-refractivity contribution in [3.63, 3.8) is 0 Å². The molecule has 2 atom stereocenters. The maximum Gasteiger partial charge on any atom is 0.252 e. The van der Waals surface area contributed by atoms with Crippen LogP contribution < -0.4 is 21.7 Å². The summed E-state index contributed by atoms with van der Waals surface area (Å²) in [5.74, 6) is -5.69. The van der Waals surface area contributed by atoms with Crippen molar-refractivity contribution in [1.82, 2.24) is 5.32 Å². The van der Waals surface area contributed by atoms with E-state index in [1.54, 1.807) is 12.1 Å². The van der Waals surface area contributed by atoms with Gasteiger partial charge < -0.3 is 21.7 Å². The zero-order valence-corrected chi connectivity index (χ0v) is 32.8. The Kier molecular flexibility index (Phi) is 12.8. The van der Waals surface area contributed by atoms with Gasteiger partial charge in [0.05, 0.1) is 0 Å². The van der Waals surface area contributed by atoms with E-state index in [9.17, 15) is 45.5 Å². The Balaban J connectivity index is 0.000000183. The molecule has 3 amide bonds. The molecule has 16 heteroatoms. The van der Waals surface area contributed by atoms with Gasteiger partial charge in [0, 0.05) is 45.4 Å². The number of benzene rings is 4. The van der Waals surface area contributed by atoms with E-state index in [4.69, 9.17) is 17.3 Å². The second kappa shape index (κ2) is 16.7. The number of amides is 3. The fourth-order valence-corrected chi connectivity index (χ4v) is 8.68. The summed E-state index contributed by atoms with van der Waals surface area (Å²) in [6.07, 6.45) is 4.85. The number of carbonyl (C=O) groups excluding carboxylic acids is 4. The van der Waals surface area contributed by atoms with Crippen LogP contribution in [0.3, 0.4) is 0 Å². The molecule has 0 aliphatic heterocycles. The number of nitrogens with two attached hydrogens (primary N) is 1. The molecule has 0 heterocycles. The van der Waals surface area contributed by atoms with Gasteiger partial charge in [0.2, 0.25) is 11.8 Å². The number of rotatable bonds is 9. The second-order valence-electron chi connectivity index (χ2n) is 15.8. The van der Waals surface area contributed by atoms with Gasteiger partial charge in [-0.2, -0.15) is 0 Å². The quantitative estimate of drug-likeness (QED) is 0.0987. The SMILES string of the molecule is C[C@H](C(=O)Nc1ccc(F)cc1)C12CC(N)(C1)C2.C[C@H](C(=O)Nc1ccc(F)cc1)C12CC(NC(=O)c3ccc(F)c(F)c3)(C1)C2.Cl.O=C(Cl)c1ccc(F)c(F)c1. The number of hydrogen-bond acceptors (Lipinski definition) is 5. The van der Waals surface area contributed by atoms with Crippen molar-refractivity contribution >= 4 is 58.3 Å². The lowest BCUT2D eigenvalue weighted by Gasteiger charge is -2.72. The molecule has 0 aromatic heterocycles. The number of carbonyl (C=O) groups is 4. The summed E-state index contributed by atoms with van der Waals surface area (Å²) < 4.78 is 76.6. The highest BCUT2D eigenvalue weighted by Gasteiger charge is 2.71. The summed E-state index contributed by atoms with van der Waals surface area (Å²) in [6, 6.07) is 17.2. The molecule has 0 saturated heterocycles. The third-order valence-corrected chi connectivity index (χ3v) is 12.0. The Hall–Kier alpha value is -4.92. The third kappa shape index (κ3) is 9.19. The third-order valence-electron chi connectivity index (χ3n) is 11.7. The van der Waals surface area contributed by atoms with Crippen molar-refractivity contribution in [2.45, 2.75) is 63.5 Å². The fourth-order valence-electron chi connectivity index (χ4n) is 8.56. The summed E-state index contributed by atoms with van der Waals surface area (Å²) in [5, 5.41) is 7.72. The van der Waals surface area contributed by atoms with Crippen LogP contribution in [-0.4, -0.2) is 34.0 Å². The Bertz CT molecular complexity index is 2190. The second-order valence-corrected chi connectivity index (χ2v) is 16.2. The van der Waals surface area contributed by atoms with Gasteiger partial charge in [-0.3, -0.25) is 19.2 Å². The Morgan fingerprint density at radius 3 is 1.34 bits per heavy atom. The van der Waals surface area contributed by atoms with Gasteiger partial charge in [-0.25, -0.2) is 26.3 Å². The molecule has 0 radical (unpaired) electrons. The number of anilines is 2. The molecule has 308 valence electrons. The lowest BCUT2D eigenvalue weighted by atomic mass is 9.36. The molecule has 6 aliphatic carbocycles. The van der Waals surface area contributed by atoms with E-state index in [2.05, 4.69) is 16.0 Å². The first-order valence-electron chi connectivity index (χ1n) is 18.1. The predicted octanol–water partition coefficient (Wildman–Crippen LogP) is 9.08. The van der Waals surface area contributed by atoms with Gasteiger partial charge in [-0.05, 0) is 146 Å². The summed E-state index contributed by atoms with van der Waals surface area (Å²) in [5.41, 5.74) is 6.78. The van der Waals surface area contributed by atoms with E-state index >= 15 is 0 Å². The molecule has 4 aromatic carbocycles. The van der Waals surface area contributed by atoms with Crippen LogP contribution in [0, 0.1) is 57.6 Å². The fraction of sp³-hybridized carbons (Fsp3) is 0.333. The molecule has 6 aliphatic rings. The zero-order valence-electron chi connectivity index (χ0n) is 31.2. The summed E-state index contributed by atoms with van der Waals surface area (Å²) in [7, 11) is 0. The maximum atomic E-state index is 13.3. The van der Waals surface area contributed by atoms with E-state index < -0.39 is 34.4 Å². The van der Waals surface area contributed by atoms with Gasteiger partial charge in [-0.15, -0.1) is 12.4 Å². The van der Waals surface area contributed by atoms with Gasteiger partial charge in [0.15, 0.2) is 23.3 Å². The number of nitrogens with one attached hydrogen (secondary N) is 3. The first-order chi connectivity index (χ1) is 26.8. The average molecular weight is 850 g/mol. The van der Waals surface area contributed by atoms with Crippen molar-refractivity contribution in [3.8, 4) is 0 Å². The molecule has 0 unspecified atom stereocenters. The Morgan fingerprint density at radius 2 is 0.966 bits per heavy atom. The molecule has 8 nitrogen and oxygen atoms in total. The number of halogens is 8. The first-order valence-corrected chi connectivity index (χ1v) is 18.5. The summed E-state index contributed by atoms with van der Waals surface area (Å²) in [4.78, 5) is 47.3. The van der Waals surface area contributed by atoms with E-state index in [0.717, 1.165) is 49.6 Å². The molecule has 4 aromatic rings. The van der Waals surface area contributed by atoms with Crippen LogP contribution >= 0.6 is 24.0 Å². The van der Waals surface area contributed by atoms with Crippen LogP contribution in [0.2, 0.25) is 0 Å². The van der Waals surface area contributed by atoms with E-state index in [0.29, 0.717) is 30.6 Å². The van der Waals surface area contributed by atoms with Crippen molar-refractivity contribution in [2.75, 3.05) is 10.6 Å². The van der Waals surface area contributed by atoms with Crippen molar-refractivity contribution in [2.24, 2.45) is 28.4 Å². The minimum Gasteiger partial charge on any atom is -0.347 e. The molecule has 10 rings (SSSR count). The minimum absolute atomic E-state index is 0. The summed E-state index contributed by atoms with van der Waals surface area (Å²) in [6.45, 7) is 3.80. The van der Waals surface area contributed by atoms with Crippen LogP contribution in [0.1, 0.15) is 73.1 Å². The Labute approximate surface area is 341 Å². The highest BCUT2D eigenvalue weighted by molar-refractivity contribution is 6.67. The van der Waals surface area contributed by atoms with Crippen LogP contribution in [0.15, 0.2) is 84.9 Å². The molecule has 5 N–H and O–H groups in total. The number of hydrogen-bond donors (Lipinski definition) is 4. The Morgan fingerprint density at radius 1 is 0.586 bits per heavy atom. The molecule has 58 heavy (non-hydrogen) atoms. The molecule has 4 bridgehead atoms. The molecule has 0 spiro atoms. The van der Waals surface area contributed by atoms with Crippen LogP contribution in [0.4, 0.5) is 37.7 Å². The topological polar surface area (TPSA) is 130 Å². The standard InChI is InChI=1S/C21H19F3N2O2.C14H17FN2O.C7H3ClF2O.ClH/c1-12(18(27)25-15-5-3-14(22)4-6-15)20-9-21(10-20,11-20)26-19(28)13-2-7-16(23)17(24)8-13;1-9(13-6-14(16,7-13)8-13)12(18)17-11-4-2-10(15)3-5-11;8-7(11)4-1-2-5(9)6(10)3-4;/h2-8,12H,9-11H2,1H3,(H,25,27)(H,26,28);2-5,9H,6-8,16H2,1H3,(H,17,18);1-3H;1H/t12-,20?,21?;9-,13?,14?;;/m11../s1. The molecular weight excluding hydrogens is 809 g/mol. The van der Waals surface area contributed by atoms with Crippen LogP contribution in [0.5, 0.6) is 0 Å². The maximum absolute atomic E-state index is 13.3. The van der Waals surface area contributed by atoms with Crippen molar-refractivity contribution in [3.05, 3.63) is 131 Å². The lowest BCUT2D eigenvalue weighted by molar-refractivity contribution is -0.184. The lowest BCUT2D eigenvalue weighted by Crippen LogP contribution is -2.77. The van der Waals surface area contributed by atoms with E-state index in [1.165, 1.54) is 42.5 Å². The van der Waals surface area contributed by atoms with Gasteiger partial charge >= 0.3 is 0 Å². The largest absolute Gasteiger partial charge is 0.347 e. The van der Waals surface area contributed by atoms with Gasteiger partial charge in [0.25, 0.3) is 11.1 Å². The smallest absolute Gasteiger partial charge is 0.252 e. The van der Waals surface area contributed by atoms with E-state index in [1.807, 2.05) is 13.8 Å². The van der Waals surface area contributed by atoms with E-state index in [-0.39, 0.29) is 80.7 Å². The van der Waals surface area contributed by atoms with Crippen LogP contribution in [0.25, 0.3) is 0 Å². The van der Waals surface area contributed by atoms with Gasteiger partial charge in [0.1, 0.15) is 11.6 Å². The van der Waals surface area contributed by atoms with Gasteiger partial charge in [-0.1, -0.05) is 13.8 Å². The highest BCUT2D eigenvalue weighted by atomic mass is 35.5.